The molecule has 4 fully saturated rings. The number of anilines is 1. The number of morpholine rings is 1. The zero-order valence-electron chi connectivity index (χ0n) is 23.6. The summed E-state index contributed by atoms with van der Waals surface area (Å²) in [6.07, 6.45) is 8.53. The second kappa shape index (κ2) is 11.3. The summed E-state index contributed by atoms with van der Waals surface area (Å²) in [4.78, 5) is 45.7. The smallest absolute Gasteiger partial charge is 0.246 e. The van der Waals surface area contributed by atoms with Gasteiger partial charge in [0, 0.05) is 37.9 Å². The summed E-state index contributed by atoms with van der Waals surface area (Å²) >= 11 is 0. The Labute approximate surface area is 236 Å². The molecule has 1 spiro atoms. The van der Waals surface area contributed by atoms with Crippen LogP contribution in [0.25, 0.3) is 0 Å². The van der Waals surface area contributed by atoms with Crippen LogP contribution in [-0.4, -0.2) is 90.7 Å². The summed E-state index contributed by atoms with van der Waals surface area (Å²) in [6, 6.07) is 7.15. The standard InChI is InChI=1S/C31H42N4O5/c1-20(2)21-8-10-23(11-9-21)32-28(36)25-24-12-13-31(40-24)26(25)30(38)35(15-14-34-16-18-39-19-17-34)27(31)29(37)33-22-6-4-3-5-7-22/h8-13,20,22,24-27H,3-7,14-19H2,1-2H3,(H,32,36)(H,33,37)/t24-,25?,26-,27?,31?/m1/s1. The van der Waals surface area contributed by atoms with Crippen LogP contribution in [0, 0.1) is 11.8 Å². The number of fused-ring (bicyclic) bond motifs is 1. The van der Waals surface area contributed by atoms with E-state index in [-0.39, 0.29) is 23.8 Å². The van der Waals surface area contributed by atoms with E-state index in [1.54, 1.807) is 4.90 Å². The van der Waals surface area contributed by atoms with Gasteiger partial charge in [0.2, 0.25) is 17.7 Å². The first-order chi connectivity index (χ1) is 19.4. The van der Waals surface area contributed by atoms with Gasteiger partial charge in [-0.05, 0) is 36.5 Å². The highest BCUT2D eigenvalue weighted by molar-refractivity contribution is 6.02. The van der Waals surface area contributed by atoms with E-state index >= 15 is 0 Å². The van der Waals surface area contributed by atoms with Crippen LogP contribution >= 0.6 is 0 Å². The monoisotopic (exact) mass is 550 g/mol. The summed E-state index contributed by atoms with van der Waals surface area (Å²) in [5.41, 5.74) is 0.753. The van der Waals surface area contributed by atoms with Crippen LogP contribution in [0.4, 0.5) is 5.69 Å². The number of rotatable bonds is 8. The van der Waals surface area contributed by atoms with Crippen molar-refractivity contribution < 1.29 is 23.9 Å². The van der Waals surface area contributed by atoms with Gasteiger partial charge in [-0.3, -0.25) is 19.3 Å². The number of hydrogen-bond donors (Lipinski definition) is 2. The number of ether oxygens (including phenoxy) is 2. The zero-order valence-corrected chi connectivity index (χ0v) is 23.6. The molecule has 1 aromatic rings. The third-order valence-corrected chi connectivity index (χ3v) is 9.48. The van der Waals surface area contributed by atoms with Gasteiger partial charge in [0.25, 0.3) is 0 Å². The maximum Gasteiger partial charge on any atom is 0.246 e. The lowest BCUT2D eigenvalue weighted by Gasteiger charge is -2.35. The summed E-state index contributed by atoms with van der Waals surface area (Å²) in [5.74, 6) is -1.61. The molecule has 4 heterocycles. The molecule has 0 radical (unpaired) electrons. The lowest BCUT2D eigenvalue weighted by Crippen LogP contribution is -2.57. The highest BCUT2D eigenvalue weighted by Crippen LogP contribution is 2.55. The van der Waals surface area contributed by atoms with E-state index in [0.717, 1.165) is 38.8 Å². The molecule has 1 saturated carbocycles. The molecule has 5 aliphatic rings. The van der Waals surface area contributed by atoms with Crippen LogP contribution in [-0.2, 0) is 23.9 Å². The molecule has 9 heteroatoms. The van der Waals surface area contributed by atoms with Gasteiger partial charge in [0.05, 0.1) is 31.2 Å². The molecule has 6 rings (SSSR count). The van der Waals surface area contributed by atoms with E-state index in [4.69, 9.17) is 9.47 Å². The van der Waals surface area contributed by atoms with Crippen LogP contribution in [0.5, 0.6) is 0 Å². The van der Waals surface area contributed by atoms with Crippen LogP contribution in [0.3, 0.4) is 0 Å². The quantitative estimate of drug-likeness (QED) is 0.483. The first kappa shape index (κ1) is 27.4. The van der Waals surface area contributed by atoms with Crippen LogP contribution < -0.4 is 10.6 Å². The Morgan fingerprint density at radius 3 is 2.45 bits per heavy atom. The number of carbonyl (C=O) groups is 3. The van der Waals surface area contributed by atoms with Crippen molar-refractivity contribution >= 4 is 23.4 Å². The number of carbonyl (C=O) groups excluding carboxylic acids is 3. The van der Waals surface area contributed by atoms with Gasteiger partial charge in [-0.15, -0.1) is 0 Å². The van der Waals surface area contributed by atoms with Gasteiger partial charge in [-0.2, -0.15) is 0 Å². The molecule has 2 N–H and O–H groups in total. The minimum absolute atomic E-state index is 0.114. The first-order valence-electron chi connectivity index (χ1n) is 15.1. The summed E-state index contributed by atoms with van der Waals surface area (Å²) in [7, 11) is 0. The van der Waals surface area contributed by atoms with E-state index in [0.29, 0.717) is 37.9 Å². The topological polar surface area (TPSA) is 100 Å². The third-order valence-electron chi connectivity index (χ3n) is 9.48. The molecule has 1 aliphatic carbocycles. The van der Waals surface area contributed by atoms with Crippen molar-refractivity contribution in [3.05, 3.63) is 42.0 Å². The van der Waals surface area contributed by atoms with Crippen molar-refractivity contribution in [2.75, 3.05) is 44.7 Å². The Bertz CT molecular complexity index is 1140. The number of likely N-dealkylation sites (tertiary alicyclic amines) is 1. The molecule has 216 valence electrons. The van der Waals surface area contributed by atoms with Gasteiger partial charge in [-0.25, -0.2) is 0 Å². The minimum atomic E-state index is -1.13. The van der Waals surface area contributed by atoms with Gasteiger partial charge >= 0.3 is 0 Å². The molecule has 1 aromatic carbocycles. The summed E-state index contributed by atoms with van der Waals surface area (Å²) in [5, 5.41) is 6.28. The number of amides is 3. The normalized spacial score (nSPS) is 32.1. The molecular weight excluding hydrogens is 508 g/mol. The molecule has 3 amide bonds. The van der Waals surface area contributed by atoms with Crippen molar-refractivity contribution in [2.45, 2.75) is 75.7 Å². The summed E-state index contributed by atoms with van der Waals surface area (Å²) < 4.78 is 12.0. The fraction of sp³-hybridized carbons (Fsp3) is 0.645. The van der Waals surface area contributed by atoms with E-state index in [1.165, 1.54) is 12.0 Å². The fourth-order valence-corrected chi connectivity index (χ4v) is 7.29. The largest absolute Gasteiger partial charge is 0.379 e. The SMILES string of the molecule is CC(C)c1ccc(NC(=O)C2[C@H]3C=CC4(O3)C(C(=O)NC3CCCCC3)N(CCN3CCOCC3)C(=O)[C@@H]24)cc1. The van der Waals surface area contributed by atoms with Crippen molar-refractivity contribution in [1.29, 1.82) is 0 Å². The lowest BCUT2D eigenvalue weighted by molar-refractivity contribution is -0.141. The Morgan fingerprint density at radius 2 is 1.75 bits per heavy atom. The van der Waals surface area contributed by atoms with Crippen LogP contribution in [0.1, 0.15) is 57.4 Å². The first-order valence-corrected chi connectivity index (χ1v) is 15.1. The van der Waals surface area contributed by atoms with Crippen molar-refractivity contribution in [2.24, 2.45) is 11.8 Å². The van der Waals surface area contributed by atoms with Crippen molar-refractivity contribution in [1.82, 2.24) is 15.1 Å². The van der Waals surface area contributed by atoms with Gasteiger partial charge in [0.1, 0.15) is 11.6 Å². The molecule has 0 aromatic heterocycles. The predicted octanol–water partition coefficient (Wildman–Crippen LogP) is 2.68. The average Bonchev–Trinajstić information content (AvgIpc) is 3.60. The number of nitrogens with one attached hydrogen (secondary N) is 2. The zero-order chi connectivity index (χ0) is 27.9. The number of benzene rings is 1. The van der Waals surface area contributed by atoms with Crippen molar-refractivity contribution in [3.8, 4) is 0 Å². The molecule has 4 aliphatic heterocycles. The Hall–Kier alpha value is -2.75. The third kappa shape index (κ3) is 4.97. The van der Waals surface area contributed by atoms with E-state index in [2.05, 4.69) is 29.4 Å². The fourth-order valence-electron chi connectivity index (χ4n) is 7.29. The number of hydrogen-bond acceptors (Lipinski definition) is 6. The van der Waals surface area contributed by atoms with E-state index in [9.17, 15) is 14.4 Å². The Morgan fingerprint density at radius 1 is 1.02 bits per heavy atom. The van der Waals surface area contributed by atoms with E-state index in [1.807, 2.05) is 36.4 Å². The lowest BCUT2D eigenvalue weighted by atomic mass is 9.74. The highest BCUT2D eigenvalue weighted by Gasteiger charge is 2.72. The Kier molecular flexibility index (Phi) is 7.72. The van der Waals surface area contributed by atoms with Crippen molar-refractivity contribution in [3.63, 3.8) is 0 Å². The predicted molar refractivity (Wildman–Crippen MR) is 151 cm³/mol. The Balaban J connectivity index is 1.24. The number of nitrogens with zero attached hydrogens (tertiary/aromatic N) is 2. The second-order valence-corrected chi connectivity index (χ2v) is 12.3. The van der Waals surface area contributed by atoms with Crippen LogP contribution in [0.2, 0.25) is 0 Å². The maximum absolute atomic E-state index is 14.1. The van der Waals surface area contributed by atoms with Gasteiger partial charge < -0.3 is 25.0 Å². The average molecular weight is 551 g/mol. The molecular formula is C31H42N4O5. The molecule has 3 saturated heterocycles. The van der Waals surface area contributed by atoms with Crippen LogP contribution in [0.15, 0.2) is 36.4 Å². The molecule has 3 unspecified atom stereocenters. The molecule has 40 heavy (non-hydrogen) atoms. The van der Waals surface area contributed by atoms with Gasteiger partial charge in [-0.1, -0.05) is 57.4 Å². The van der Waals surface area contributed by atoms with E-state index < -0.39 is 29.6 Å². The maximum atomic E-state index is 14.1. The summed E-state index contributed by atoms with van der Waals surface area (Å²) in [6.45, 7) is 8.25. The van der Waals surface area contributed by atoms with Gasteiger partial charge in [0.15, 0.2) is 0 Å². The molecule has 9 nitrogen and oxygen atoms in total. The molecule has 5 atom stereocenters. The second-order valence-electron chi connectivity index (χ2n) is 12.3. The molecule has 2 bridgehead atoms. The highest BCUT2D eigenvalue weighted by atomic mass is 16.5. The minimum Gasteiger partial charge on any atom is -0.379 e.